The zero-order valence-corrected chi connectivity index (χ0v) is 19.2. The van der Waals surface area contributed by atoms with Crippen LogP contribution in [0.15, 0.2) is 84.9 Å². The van der Waals surface area contributed by atoms with Crippen molar-refractivity contribution in [2.45, 2.75) is 19.4 Å². The lowest BCUT2D eigenvalue weighted by Crippen LogP contribution is -2.31. The van der Waals surface area contributed by atoms with Gasteiger partial charge in [-0.05, 0) is 36.8 Å². The molecule has 0 aliphatic heterocycles. The van der Waals surface area contributed by atoms with Crippen LogP contribution in [0.5, 0.6) is 0 Å². The highest BCUT2D eigenvalue weighted by Gasteiger charge is 2.21. The van der Waals surface area contributed by atoms with Gasteiger partial charge >= 0.3 is 11.9 Å². The van der Waals surface area contributed by atoms with Crippen molar-refractivity contribution < 1.29 is 28.7 Å². The Kier molecular flexibility index (Phi) is 9.13. The lowest BCUT2D eigenvalue weighted by Gasteiger charge is -2.19. The van der Waals surface area contributed by atoms with Crippen LogP contribution in [-0.4, -0.2) is 37.0 Å². The van der Waals surface area contributed by atoms with Crippen LogP contribution in [0.4, 0.5) is 5.69 Å². The molecule has 8 heteroatoms. The maximum atomic E-state index is 12.6. The van der Waals surface area contributed by atoms with Crippen molar-refractivity contribution in [3.05, 3.63) is 102 Å². The minimum absolute atomic E-state index is 0.171. The quantitative estimate of drug-likeness (QED) is 0.431. The van der Waals surface area contributed by atoms with Crippen LogP contribution in [-0.2, 0) is 19.1 Å². The molecular formula is C27H26N2O6. The van der Waals surface area contributed by atoms with Gasteiger partial charge in [0.2, 0.25) is 0 Å². The first-order valence-corrected chi connectivity index (χ1v) is 11.1. The van der Waals surface area contributed by atoms with Crippen LogP contribution in [0.25, 0.3) is 0 Å². The summed E-state index contributed by atoms with van der Waals surface area (Å²) in [6, 6.07) is 23.4. The van der Waals surface area contributed by atoms with Crippen molar-refractivity contribution >= 4 is 29.4 Å². The second-order valence-corrected chi connectivity index (χ2v) is 7.48. The molecule has 2 amide bonds. The molecule has 0 saturated carbocycles. The fraction of sp³-hybridized carbons (Fsp3) is 0.185. The third kappa shape index (κ3) is 7.53. The number of nitrogens with one attached hydrogen (secondary N) is 2. The molecule has 0 saturated heterocycles. The van der Waals surface area contributed by atoms with Crippen LogP contribution < -0.4 is 10.6 Å². The summed E-state index contributed by atoms with van der Waals surface area (Å²) in [6.07, 6.45) is -0.171. The van der Waals surface area contributed by atoms with Gasteiger partial charge in [-0.15, -0.1) is 0 Å². The molecule has 0 aromatic heterocycles. The van der Waals surface area contributed by atoms with Crippen LogP contribution in [0.2, 0.25) is 0 Å². The Bertz CT molecular complexity index is 1160. The van der Waals surface area contributed by atoms with Gasteiger partial charge in [0.1, 0.15) is 0 Å². The summed E-state index contributed by atoms with van der Waals surface area (Å²) in [7, 11) is 0. The number of para-hydroxylation sites is 1. The van der Waals surface area contributed by atoms with Gasteiger partial charge in [0.05, 0.1) is 30.3 Å². The molecule has 1 unspecified atom stereocenters. The highest BCUT2D eigenvalue weighted by atomic mass is 16.5. The number of anilines is 1. The summed E-state index contributed by atoms with van der Waals surface area (Å²) in [5, 5.41) is 5.41. The normalized spacial score (nSPS) is 11.1. The van der Waals surface area contributed by atoms with Crippen LogP contribution in [0, 0.1) is 0 Å². The van der Waals surface area contributed by atoms with E-state index in [4.69, 9.17) is 9.47 Å². The number of benzene rings is 3. The number of amides is 2. The summed E-state index contributed by atoms with van der Waals surface area (Å²) < 4.78 is 10.1. The maximum Gasteiger partial charge on any atom is 0.340 e. The summed E-state index contributed by atoms with van der Waals surface area (Å²) in [6.45, 7) is 1.33. The van der Waals surface area contributed by atoms with Crippen LogP contribution in [0.1, 0.15) is 45.7 Å². The number of ether oxygens (including phenoxy) is 2. The summed E-state index contributed by atoms with van der Waals surface area (Å²) in [4.78, 5) is 49.6. The van der Waals surface area contributed by atoms with Gasteiger partial charge in [0.25, 0.3) is 11.8 Å². The number of carbonyl (C=O) groups excluding carboxylic acids is 4. The molecule has 3 aromatic carbocycles. The summed E-state index contributed by atoms with van der Waals surface area (Å²) >= 11 is 0. The minimum atomic E-state index is -0.666. The molecule has 35 heavy (non-hydrogen) atoms. The van der Waals surface area contributed by atoms with Crippen molar-refractivity contribution in [3.63, 3.8) is 0 Å². The first-order chi connectivity index (χ1) is 17.0. The molecular weight excluding hydrogens is 448 g/mol. The van der Waals surface area contributed by atoms with Crippen molar-refractivity contribution in [2.75, 3.05) is 18.5 Å². The molecule has 0 radical (unpaired) electrons. The SMILES string of the molecule is CCOC(=O)c1ccccc1NC(=O)COC(=O)CC(NC(=O)c1ccccc1)c1ccccc1. The van der Waals surface area contributed by atoms with Crippen molar-refractivity contribution in [1.82, 2.24) is 5.32 Å². The molecule has 0 bridgehead atoms. The monoisotopic (exact) mass is 474 g/mol. The van der Waals surface area contributed by atoms with E-state index >= 15 is 0 Å². The summed E-state index contributed by atoms with van der Waals surface area (Å²) in [5.41, 5.74) is 1.63. The first-order valence-electron chi connectivity index (χ1n) is 11.1. The van der Waals surface area contributed by atoms with Gasteiger partial charge in [-0.3, -0.25) is 14.4 Å². The fourth-order valence-electron chi connectivity index (χ4n) is 3.31. The number of esters is 2. The first kappa shape index (κ1) is 25.2. The molecule has 2 N–H and O–H groups in total. The minimum Gasteiger partial charge on any atom is -0.462 e. The van der Waals surface area contributed by atoms with Crippen molar-refractivity contribution in [1.29, 1.82) is 0 Å². The summed E-state index contributed by atoms with van der Waals surface area (Å²) in [5.74, 6) is -2.18. The highest BCUT2D eigenvalue weighted by Crippen LogP contribution is 2.19. The zero-order valence-electron chi connectivity index (χ0n) is 19.2. The molecule has 0 heterocycles. The smallest absolute Gasteiger partial charge is 0.340 e. The topological polar surface area (TPSA) is 111 Å². The van der Waals surface area contributed by atoms with Crippen LogP contribution >= 0.6 is 0 Å². The molecule has 8 nitrogen and oxygen atoms in total. The van der Waals surface area contributed by atoms with Gasteiger partial charge < -0.3 is 20.1 Å². The van der Waals surface area contributed by atoms with E-state index < -0.39 is 30.5 Å². The van der Waals surface area contributed by atoms with E-state index in [1.54, 1.807) is 79.7 Å². The number of hydrogen-bond acceptors (Lipinski definition) is 6. The molecule has 180 valence electrons. The molecule has 0 fully saturated rings. The van der Waals surface area contributed by atoms with E-state index in [1.807, 2.05) is 6.07 Å². The predicted octanol–water partition coefficient (Wildman–Crippen LogP) is 3.91. The zero-order chi connectivity index (χ0) is 25.0. The maximum absolute atomic E-state index is 12.6. The van der Waals surface area contributed by atoms with Gasteiger partial charge in [-0.2, -0.15) is 0 Å². The number of carbonyl (C=O) groups is 4. The Morgan fingerprint density at radius 3 is 2.11 bits per heavy atom. The van der Waals surface area contributed by atoms with E-state index in [1.165, 1.54) is 6.07 Å². The van der Waals surface area contributed by atoms with Gasteiger partial charge in [0, 0.05) is 5.56 Å². The third-order valence-electron chi connectivity index (χ3n) is 4.97. The second-order valence-electron chi connectivity index (χ2n) is 7.48. The fourth-order valence-corrected chi connectivity index (χ4v) is 3.31. The largest absolute Gasteiger partial charge is 0.462 e. The lowest BCUT2D eigenvalue weighted by atomic mass is 10.0. The van der Waals surface area contributed by atoms with Gasteiger partial charge in [0.15, 0.2) is 6.61 Å². The van der Waals surface area contributed by atoms with E-state index in [-0.39, 0.29) is 30.2 Å². The average Bonchev–Trinajstić information content (AvgIpc) is 2.88. The molecule has 3 rings (SSSR count). The molecule has 1 atom stereocenters. The van der Waals surface area contributed by atoms with E-state index in [0.29, 0.717) is 5.56 Å². The number of hydrogen-bond donors (Lipinski definition) is 2. The molecule has 0 aliphatic rings. The Balaban J connectivity index is 1.60. The van der Waals surface area contributed by atoms with E-state index in [2.05, 4.69) is 10.6 Å². The Morgan fingerprint density at radius 1 is 0.800 bits per heavy atom. The average molecular weight is 475 g/mol. The Labute approximate surface area is 203 Å². The standard InChI is InChI=1S/C27H26N2O6/c1-2-34-27(33)21-15-9-10-16-22(21)28-24(30)18-35-25(31)17-23(19-11-5-3-6-12-19)29-26(32)20-13-7-4-8-14-20/h3-16,23H,2,17-18H2,1H3,(H,28,30)(H,29,32). The second kappa shape index (κ2) is 12.7. The molecule has 0 aliphatic carbocycles. The van der Waals surface area contributed by atoms with Crippen molar-refractivity contribution in [3.8, 4) is 0 Å². The van der Waals surface area contributed by atoms with Gasteiger partial charge in [-0.1, -0.05) is 60.7 Å². The van der Waals surface area contributed by atoms with Gasteiger partial charge in [-0.25, -0.2) is 4.79 Å². The lowest BCUT2D eigenvalue weighted by molar-refractivity contribution is -0.147. The predicted molar refractivity (Wildman–Crippen MR) is 130 cm³/mol. The Hall–Kier alpha value is -4.46. The highest BCUT2D eigenvalue weighted by molar-refractivity contribution is 6.02. The van der Waals surface area contributed by atoms with E-state index in [9.17, 15) is 19.2 Å². The van der Waals surface area contributed by atoms with Crippen LogP contribution in [0.3, 0.4) is 0 Å². The molecule has 0 spiro atoms. The Morgan fingerprint density at radius 2 is 1.43 bits per heavy atom. The van der Waals surface area contributed by atoms with E-state index in [0.717, 1.165) is 5.56 Å². The molecule has 3 aromatic rings. The van der Waals surface area contributed by atoms with Crippen molar-refractivity contribution in [2.24, 2.45) is 0 Å². The number of rotatable bonds is 10. The third-order valence-corrected chi connectivity index (χ3v) is 4.97.